The quantitative estimate of drug-likeness (QED) is 0.683. The lowest BCUT2D eigenvalue weighted by Crippen LogP contribution is -2.31. The number of thioether (sulfide) groups is 1. The van der Waals surface area contributed by atoms with E-state index in [2.05, 4.69) is 10.3 Å². The molecule has 0 bridgehead atoms. The molecule has 1 N–H and O–H groups in total. The zero-order valence-electron chi connectivity index (χ0n) is 15.0. The number of nitrogens with zero attached hydrogens (tertiary/aromatic N) is 2. The Morgan fingerprint density at radius 2 is 2.07 bits per heavy atom. The van der Waals surface area contributed by atoms with Crippen LogP contribution in [0.25, 0.3) is 5.65 Å². The summed E-state index contributed by atoms with van der Waals surface area (Å²) in [7, 11) is 0. The average Bonchev–Trinajstić information content (AvgIpc) is 2.67. The van der Waals surface area contributed by atoms with Gasteiger partial charge in [0.1, 0.15) is 12.3 Å². The molecule has 1 aliphatic rings. The number of ether oxygens (including phenoxy) is 1. The smallest absolute Gasteiger partial charge is 0.307 e. The Morgan fingerprint density at radius 1 is 1.25 bits per heavy atom. The SMILES string of the molecule is Cc1ccc2nc(COC(=O)C[C@@H]3Sc4ccccc4NC3=O)cc(=O)n2c1. The largest absolute Gasteiger partial charge is 0.459 e. The van der Waals surface area contributed by atoms with Crippen molar-refractivity contribution in [1.82, 2.24) is 9.38 Å². The molecule has 0 fully saturated rings. The number of aromatic nitrogens is 2. The van der Waals surface area contributed by atoms with Crippen molar-refractivity contribution in [2.45, 2.75) is 30.1 Å². The fourth-order valence-electron chi connectivity index (χ4n) is 2.92. The zero-order chi connectivity index (χ0) is 19.7. The third-order valence-electron chi connectivity index (χ3n) is 4.30. The number of hydrogen-bond donors (Lipinski definition) is 1. The number of fused-ring (bicyclic) bond motifs is 2. The number of pyridine rings is 1. The minimum atomic E-state index is -0.555. The Kier molecular flexibility index (Phi) is 4.87. The Hall–Kier alpha value is -3.13. The fourth-order valence-corrected chi connectivity index (χ4v) is 4.02. The second kappa shape index (κ2) is 7.47. The van der Waals surface area contributed by atoms with Crippen molar-refractivity contribution in [3.8, 4) is 0 Å². The molecule has 0 aliphatic carbocycles. The molecule has 1 atom stereocenters. The lowest BCUT2D eigenvalue weighted by Gasteiger charge is -2.23. The highest BCUT2D eigenvalue weighted by atomic mass is 32.2. The molecule has 1 aliphatic heterocycles. The van der Waals surface area contributed by atoms with Gasteiger partial charge in [0.25, 0.3) is 5.56 Å². The van der Waals surface area contributed by atoms with Crippen LogP contribution in [0.4, 0.5) is 5.69 Å². The van der Waals surface area contributed by atoms with Crippen molar-refractivity contribution in [2.24, 2.45) is 0 Å². The van der Waals surface area contributed by atoms with Crippen LogP contribution in [-0.4, -0.2) is 26.5 Å². The molecule has 0 saturated heterocycles. The Labute approximate surface area is 164 Å². The van der Waals surface area contributed by atoms with E-state index < -0.39 is 11.2 Å². The van der Waals surface area contributed by atoms with E-state index >= 15 is 0 Å². The number of esters is 1. The lowest BCUT2D eigenvalue weighted by atomic mass is 10.2. The third-order valence-corrected chi connectivity index (χ3v) is 5.58. The van der Waals surface area contributed by atoms with Crippen LogP contribution in [0.15, 0.2) is 58.4 Å². The molecule has 3 aromatic rings. The highest BCUT2D eigenvalue weighted by molar-refractivity contribution is 8.01. The summed E-state index contributed by atoms with van der Waals surface area (Å²) in [6, 6.07) is 12.4. The summed E-state index contributed by atoms with van der Waals surface area (Å²) in [5.74, 6) is -0.740. The van der Waals surface area contributed by atoms with Crippen molar-refractivity contribution in [2.75, 3.05) is 5.32 Å². The normalized spacial score (nSPS) is 15.8. The minimum absolute atomic E-state index is 0.0589. The van der Waals surface area contributed by atoms with E-state index in [-0.39, 0.29) is 24.5 Å². The van der Waals surface area contributed by atoms with Gasteiger partial charge in [0.2, 0.25) is 5.91 Å². The van der Waals surface area contributed by atoms with Gasteiger partial charge in [-0.2, -0.15) is 0 Å². The summed E-state index contributed by atoms with van der Waals surface area (Å²) in [4.78, 5) is 41.9. The fraction of sp³-hybridized carbons (Fsp3) is 0.200. The third kappa shape index (κ3) is 3.77. The molecule has 2 aromatic heterocycles. The van der Waals surface area contributed by atoms with Gasteiger partial charge in [-0.05, 0) is 30.7 Å². The average molecular weight is 395 g/mol. The molecule has 8 heteroatoms. The molecule has 7 nitrogen and oxygen atoms in total. The van der Waals surface area contributed by atoms with Gasteiger partial charge in [-0.25, -0.2) is 4.98 Å². The van der Waals surface area contributed by atoms with Crippen LogP contribution in [0.5, 0.6) is 0 Å². The number of benzene rings is 1. The minimum Gasteiger partial charge on any atom is -0.459 e. The van der Waals surface area contributed by atoms with Crippen LogP contribution in [0, 0.1) is 6.92 Å². The summed E-state index contributed by atoms with van der Waals surface area (Å²) in [6.07, 6.45) is 1.65. The summed E-state index contributed by atoms with van der Waals surface area (Å²) in [6.45, 7) is 1.77. The Balaban J connectivity index is 1.41. The molecule has 1 aromatic carbocycles. The number of para-hydroxylation sites is 1. The number of carbonyl (C=O) groups excluding carboxylic acids is 2. The van der Waals surface area contributed by atoms with Crippen molar-refractivity contribution >= 4 is 35.0 Å². The van der Waals surface area contributed by atoms with Crippen LogP contribution >= 0.6 is 11.8 Å². The monoisotopic (exact) mass is 395 g/mol. The van der Waals surface area contributed by atoms with Gasteiger partial charge in [-0.3, -0.25) is 18.8 Å². The van der Waals surface area contributed by atoms with E-state index in [0.29, 0.717) is 11.3 Å². The maximum atomic E-state index is 12.2. The van der Waals surface area contributed by atoms with Gasteiger partial charge in [0, 0.05) is 17.2 Å². The van der Waals surface area contributed by atoms with Crippen molar-refractivity contribution in [3.05, 3.63) is 70.3 Å². The first-order valence-corrected chi connectivity index (χ1v) is 9.59. The highest BCUT2D eigenvalue weighted by Crippen LogP contribution is 2.36. The standard InChI is InChI=1S/C20H17N3O4S/c1-12-6-7-17-21-13(8-18(24)23(17)10-12)11-27-19(25)9-16-20(26)22-14-4-2-3-5-15(14)28-16/h2-8,10,16H,9,11H2,1H3,(H,22,26)/t16-/m0/s1. The molecule has 142 valence electrons. The molecular formula is C20H17N3O4S. The highest BCUT2D eigenvalue weighted by Gasteiger charge is 2.29. The predicted molar refractivity (Wildman–Crippen MR) is 105 cm³/mol. The summed E-state index contributed by atoms with van der Waals surface area (Å²) in [5.41, 5.74) is 2.31. The van der Waals surface area contributed by atoms with E-state index in [9.17, 15) is 14.4 Å². The Morgan fingerprint density at radius 3 is 2.93 bits per heavy atom. The summed E-state index contributed by atoms with van der Waals surface area (Å²) < 4.78 is 6.70. The molecule has 4 rings (SSSR count). The van der Waals surface area contributed by atoms with E-state index in [0.717, 1.165) is 16.1 Å². The van der Waals surface area contributed by atoms with Gasteiger partial charge in [0.05, 0.1) is 23.1 Å². The Bertz CT molecular complexity index is 1140. The van der Waals surface area contributed by atoms with Crippen molar-refractivity contribution in [3.63, 3.8) is 0 Å². The van der Waals surface area contributed by atoms with Gasteiger partial charge < -0.3 is 10.1 Å². The number of nitrogens with one attached hydrogen (secondary N) is 1. The molecule has 0 spiro atoms. The summed E-state index contributed by atoms with van der Waals surface area (Å²) >= 11 is 1.34. The first kappa shape index (κ1) is 18.2. The second-order valence-electron chi connectivity index (χ2n) is 6.48. The number of amides is 1. The number of rotatable bonds is 4. The second-order valence-corrected chi connectivity index (χ2v) is 7.72. The zero-order valence-corrected chi connectivity index (χ0v) is 15.9. The number of carbonyl (C=O) groups is 2. The van der Waals surface area contributed by atoms with Crippen LogP contribution in [0.2, 0.25) is 0 Å². The lowest BCUT2D eigenvalue weighted by molar-refractivity contribution is -0.145. The first-order chi connectivity index (χ1) is 13.5. The van der Waals surface area contributed by atoms with E-state index in [1.54, 1.807) is 12.3 Å². The van der Waals surface area contributed by atoms with Crippen molar-refractivity contribution in [1.29, 1.82) is 0 Å². The maximum Gasteiger partial charge on any atom is 0.307 e. The predicted octanol–water partition coefficient (Wildman–Crippen LogP) is 2.55. The molecule has 28 heavy (non-hydrogen) atoms. The first-order valence-electron chi connectivity index (χ1n) is 8.71. The number of anilines is 1. The maximum absolute atomic E-state index is 12.2. The molecule has 0 saturated carbocycles. The van der Waals surface area contributed by atoms with Crippen LogP contribution < -0.4 is 10.9 Å². The number of hydrogen-bond acceptors (Lipinski definition) is 6. The molecule has 3 heterocycles. The van der Waals surface area contributed by atoms with Gasteiger partial charge in [0.15, 0.2) is 0 Å². The van der Waals surface area contributed by atoms with Gasteiger partial charge >= 0.3 is 5.97 Å². The number of aryl methyl sites for hydroxylation is 1. The van der Waals surface area contributed by atoms with Crippen LogP contribution in [0.1, 0.15) is 17.7 Å². The van der Waals surface area contributed by atoms with Crippen LogP contribution in [-0.2, 0) is 20.9 Å². The molecule has 0 radical (unpaired) electrons. The van der Waals surface area contributed by atoms with E-state index in [4.69, 9.17) is 4.74 Å². The molecular weight excluding hydrogens is 378 g/mol. The molecule has 0 unspecified atom stereocenters. The van der Waals surface area contributed by atoms with Crippen LogP contribution in [0.3, 0.4) is 0 Å². The topological polar surface area (TPSA) is 89.8 Å². The van der Waals surface area contributed by atoms with Gasteiger partial charge in [-0.1, -0.05) is 18.2 Å². The summed E-state index contributed by atoms with van der Waals surface area (Å²) in [5, 5.41) is 2.24. The van der Waals surface area contributed by atoms with E-state index in [1.165, 1.54) is 22.2 Å². The van der Waals surface area contributed by atoms with Crippen molar-refractivity contribution < 1.29 is 14.3 Å². The van der Waals surface area contributed by atoms with E-state index in [1.807, 2.05) is 37.3 Å². The molecule has 1 amide bonds. The van der Waals surface area contributed by atoms with Gasteiger partial charge in [-0.15, -0.1) is 11.8 Å².